The van der Waals surface area contributed by atoms with Gasteiger partial charge in [0.05, 0.1) is 11.7 Å². The number of carboxylic acids is 1. The summed E-state index contributed by atoms with van der Waals surface area (Å²) in [6.45, 7) is 4.82. The lowest BCUT2D eigenvalue weighted by Crippen LogP contribution is -2.18. The van der Waals surface area contributed by atoms with E-state index < -0.39 is 5.97 Å². The summed E-state index contributed by atoms with van der Waals surface area (Å²) in [6, 6.07) is 13.1. The minimum atomic E-state index is -0.905. The zero-order chi connectivity index (χ0) is 18.4. The molecule has 1 fully saturated rings. The van der Waals surface area contributed by atoms with E-state index in [0.717, 1.165) is 36.3 Å². The lowest BCUT2D eigenvalue weighted by Gasteiger charge is -2.16. The molecule has 2 aromatic carbocycles. The number of hydrogen-bond donors (Lipinski definition) is 2. The molecule has 138 valence electrons. The number of rotatable bonds is 8. The second kappa shape index (κ2) is 8.83. The Hall–Kier alpha value is -2.37. The van der Waals surface area contributed by atoms with Crippen molar-refractivity contribution in [2.24, 2.45) is 0 Å². The van der Waals surface area contributed by atoms with Crippen molar-refractivity contribution in [2.75, 3.05) is 13.2 Å². The van der Waals surface area contributed by atoms with Crippen LogP contribution in [0.1, 0.15) is 39.9 Å². The molecule has 0 bridgehead atoms. The molecule has 5 heteroatoms. The third-order valence-electron chi connectivity index (χ3n) is 4.52. The molecule has 3 rings (SSSR count). The maximum Gasteiger partial charge on any atom is 0.335 e. The van der Waals surface area contributed by atoms with Gasteiger partial charge in [-0.3, -0.25) is 0 Å². The van der Waals surface area contributed by atoms with Crippen LogP contribution in [0, 0.1) is 6.92 Å². The van der Waals surface area contributed by atoms with Crippen molar-refractivity contribution in [3.8, 4) is 5.75 Å². The smallest absolute Gasteiger partial charge is 0.335 e. The molecule has 1 aliphatic rings. The SMILES string of the molecule is Cc1ccc(CNCc2ccc(C(=O)O)cc2)c(OCC2CCCO2)c1. The van der Waals surface area contributed by atoms with Crippen molar-refractivity contribution >= 4 is 5.97 Å². The summed E-state index contributed by atoms with van der Waals surface area (Å²) in [5.74, 6) is -0.00794. The molecule has 0 amide bonds. The van der Waals surface area contributed by atoms with Crippen LogP contribution in [0.2, 0.25) is 0 Å². The van der Waals surface area contributed by atoms with Crippen molar-refractivity contribution < 1.29 is 19.4 Å². The summed E-state index contributed by atoms with van der Waals surface area (Å²) in [4.78, 5) is 10.9. The average molecular weight is 355 g/mol. The summed E-state index contributed by atoms with van der Waals surface area (Å²) in [5, 5.41) is 12.3. The molecule has 0 saturated carbocycles. The topological polar surface area (TPSA) is 67.8 Å². The number of aryl methyl sites for hydroxylation is 1. The molecule has 1 heterocycles. The lowest BCUT2D eigenvalue weighted by molar-refractivity contribution is 0.0675. The van der Waals surface area contributed by atoms with E-state index in [0.29, 0.717) is 25.3 Å². The zero-order valence-corrected chi connectivity index (χ0v) is 15.0. The van der Waals surface area contributed by atoms with Crippen molar-refractivity contribution in [3.63, 3.8) is 0 Å². The predicted octanol–water partition coefficient (Wildman–Crippen LogP) is 3.54. The average Bonchev–Trinajstić information content (AvgIpc) is 3.15. The zero-order valence-electron chi connectivity index (χ0n) is 15.0. The number of carbonyl (C=O) groups is 1. The van der Waals surface area contributed by atoms with E-state index in [-0.39, 0.29) is 6.10 Å². The Labute approximate surface area is 153 Å². The Morgan fingerprint density at radius 3 is 2.73 bits per heavy atom. The van der Waals surface area contributed by atoms with Crippen molar-refractivity contribution in [1.82, 2.24) is 5.32 Å². The molecular formula is C21H25NO4. The lowest BCUT2D eigenvalue weighted by atomic mass is 10.1. The van der Waals surface area contributed by atoms with Crippen LogP contribution in [-0.4, -0.2) is 30.4 Å². The molecule has 1 aliphatic heterocycles. The van der Waals surface area contributed by atoms with Crippen LogP contribution < -0.4 is 10.1 Å². The highest BCUT2D eigenvalue weighted by Crippen LogP contribution is 2.22. The normalized spacial score (nSPS) is 16.6. The molecule has 26 heavy (non-hydrogen) atoms. The number of ether oxygens (including phenoxy) is 2. The van der Waals surface area contributed by atoms with E-state index in [9.17, 15) is 4.79 Å². The highest BCUT2D eigenvalue weighted by molar-refractivity contribution is 5.87. The first-order valence-corrected chi connectivity index (χ1v) is 8.99. The number of benzene rings is 2. The first-order valence-electron chi connectivity index (χ1n) is 8.99. The number of nitrogens with one attached hydrogen (secondary N) is 1. The van der Waals surface area contributed by atoms with Crippen LogP contribution in [0.5, 0.6) is 5.75 Å². The van der Waals surface area contributed by atoms with Gasteiger partial charge in [0.25, 0.3) is 0 Å². The number of hydrogen-bond acceptors (Lipinski definition) is 4. The van der Waals surface area contributed by atoms with Crippen LogP contribution in [0.4, 0.5) is 0 Å². The number of aromatic carboxylic acids is 1. The highest BCUT2D eigenvalue weighted by Gasteiger charge is 2.16. The molecule has 0 aliphatic carbocycles. The Morgan fingerprint density at radius 1 is 1.23 bits per heavy atom. The first-order chi connectivity index (χ1) is 12.6. The van der Waals surface area contributed by atoms with Gasteiger partial charge in [-0.25, -0.2) is 4.79 Å². The van der Waals surface area contributed by atoms with Crippen LogP contribution in [0.15, 0.2) is 42.5 Å². The minimum absolute atomic E-state index is 0.198. The summed E-state index contributed by atoms with van der Waals surface area (Å²) >= 11 is 0. The van der Waals surface area contributed by atoms with Crippen LogP contribution >= 0.6 is 0 Å². The fourth-order valence-corrected chi connectivity index (χ4v) is 3.01. The molecule has 2 N–H and O–H groups in total. The Morgan fingerprint density at radius 2 is 2.04 bits per heavy atom. The van der Waals surface area contributed by atoms with Crippen LogP contribution in [-0.2, 0) is 17.8 Å². The second-order valence-corrected chi connectivity index (χ2v) is 6.66. The molecule has 1 atom stereocenters. The Kier molecular flexibility index (Phi) is 6.26. The third kappa shape index (κ3) is 5.07. The van der Waals surface area contributed by atoms with E-state index in [2.05, 4.69) is 30.4 Å². The molecule has 1 saturated heterocycles. The van der Waals surface area contributed by atoms with E-state index in [4.69, 9.17) is 14.6 Å². The minimum Gasteiger partial charge on any atom is -0.491 e. The Bertz CT molecular complexity index is 736. The third-order valence-corrected chi connectivity index (χ3v) is 4.52. The molecule has 1 unspecified atom stereocenters. The van der Waals surface area contributed by atoms with E-state index in [1.165, 1.54) is 5.56 Å². The van der Waals surface area contributed by atoms with Crippen molar-refractivity contribution in [3.05, 3.63) is 64.7 Å². The van der Waals surface area contributed by atoms with Gasteiger partial charge in [-0.1, -0.05) is 24.3 Å². The summed E-state index contributed by atoms with van der Waals surface area (Å²) in [7, 11) is 0. The van der Waals surface area contributed by atoms with Gasteiger partial charge >= 0.3 is 5.97 Å². The standard InChI is InChI=1S/C21H25NO4/c1-15-4-7-18(20(11-15)26-14-19-3-2-10-25-19)13-22-12-16-5-8-17(9-6-16)21(23)24/h4-9,11,19,22H,2-3,10,12-14H2,1H3,(H,23,24). The fourth-order valence-electron chi connectivity index (χ4n) is 3.01. The van der Waals surface area contributed by atoms with E-state index in [1.807, 2.05) is 12.1 Å². The predicted molar refractivity (Wildman–Crippen MR) is 99.6 cm³/mol. The van der Waals surface area contributed by atoms with Gasteiger partial charge < -0.3 is 19.9 Å². The summed E-state index contributed by atoms with van der Waals surface area (Å²) in [5.41, 5.74) is 3.62. The molecular weight excluding hydrogens is 330 g/mol. The van der Waals surface area contributed by atoms with Gasteiger partial charge in [0, 0.05) is 25.3 Å². The molecule has 0 radical (unpaired) electrons. The molecule has 0 spiro atoms. The quantitative estimate of drug-likeness (QED) is 0.758. The summed E-state index contributed by atoms with van der Waals surface area (Å²) < 4.78 is 11.6. The maximum atomic E-state index is 10.9. The van der Waals surface area contributed by atoms with Crippen molar-refractivity contribution in [2.45, 2.75) is 39.0 Å². The maximum absolute atomic E-state index is 10.9. The van der Waals surface area contributed by atoms with E-state index >= 15 is 0 Å². The first kappa shape index (κ1) is 18.4. The van der Waals surface area contributed by atoms with Crippen LogP contribution in [0.3, 0.4) is 0 Å². The van der Waals surface area contributed by atoms with E-state index in [1.54, 1.807) is 12.1 Å². The Balaban J connectivity index is 1.55. The van der Waals surface area contributed by atoms with Gasteiger partial charge in [0.1, 0.15) is 12.4 Å². The molecule has 0 aromatic heterocycles. The van der Waals surface area contributed by atoms with Gasteiger partial charge in [-0.2, -0.15) is 0 Å². The summed E-state index contributed by atoms with van der Waals surface area (Å²) in [6.07, 6.45) is 2.37. The molecule has 5 nitrogen and oxygen atoms in total. The number of carboxylic acid groups (broad SMARTS) is 1. The molecule has 2 aromatic rings. The highest BCUT2D eigenvalue weighted by atomic mass is 16.5. The second-order valence-electron chi connectivity index (χ2n) is 6.66. The van der Waals surface area contributed by atoms with Gasteiger partial charge in [-0.15, -0.1) is 0 Å². The van der Waals surface area contributed by atoms with Crippen molar-refractivity contribution in [1.29, 1.82) is 0 Å². The van der Waals surface area contributed by atoms with Gasteiger partial charge in [0.15, 0.2) is 0 Å². The van der Waals surface area contributed by atoms with Gasteiger partial charge in [0.2, 0.25) is 0 Å². The largest absolute Gasteiger partial charge is 0.491 e. The fraction of sp³-hybridized carbons (Fsp3) is 0.381. The monoisotopic (exact) mass is 355 g/mol. The van der Waals surface area contributed by atoms with Crippen LogP contribution in [0.25, 0.3) is 0 Å². The van der Waals surface area contributed by atoms with Gasteiger partial charge in [-0.05, 0) is 49.1 Å².